The zero-order valence-corrected chi connectivity index (χ0v) is 16.2. The molecule has 1 aromatic heterocycles. The highest BCUT2D eigenvalue weighted by atomic mass is 16.6. The van der Waals surface area contributed by atoms with Crippen molar-refractivity contribution in [2.24, 2.45) is 0 Å². The van der Waals surface area contributed by atoms with Gasteiger partial charge in [0.25, 0.3) is 11.2 Å². The minimum absolute atomic E-state index is 0.00416. The van der Waals surface area contributed by atoms with Crippen LogP contribution in [0, 0.1) is 21.4 Å². The molecule has 0 unspecified atom stereocenters. The molecule has 8 nitrogen and oxygen atoms in total. The Hall–Kier alpha value is -3.70. The lowest BCUT2D eigenvalue weighted by atomic mass is 10.1. The van der Waals surface area contributed by atoms with E-state index >= 15 is 0 Å². The van der Waals surface area contributed by atoms with Crippen LogP contribution in [0.2, 0.25) is 0 Å². The van der Waals surface area contributed by atoms with Crippen LogP contribution in [0.15, 0.2) is 53.3 Å². The minimum Gasteiger partial charge on any atom is -0.493 e. The van der Waals surface area contributed by atoms with Gasteiger partial charge < -0.3 is 9.64 Å². The number of aromatic nitrogens is 1. The maximum Gasteiger partial charge on any atom is 0.273 e. The second-order valence-electron chi connectivity index (χ2n) is 6.81. The number of ether oxygens (including phenoxy) is 1. The zero-order chi connectivity index (χ0) is 21.0. The van der Waals surface area contributed by atoms with E-state index in [1.54, 1.807) is 18.2 Å². The van der Waals surface area contributed by atoms with E-state index in [2.05, 4.69) is 4.90 Å². The number of nitriles is 1. The molecule has 3 rings (SSSR count). The molecule has 2 aromatic carbocycles. The van der Waals surface area contributed by atoms with Crippen LogP contribution in [0.25, 0.3) is 16.6 Å². The Balaban J connectivity index is 2.06. The molecule has 29 heavy (non-hydrogen) atoms. The van der Waals surface area contributed by atoms with Crippen molar-refractivity contribution < 1.29 is 9.66 Å². The summed E-state index contributed by atoms with van der Waals surface area (Å²) in [7, 11) is 3.98. The monoisotopic (exact) mass is 392 g/mol. The van der Waals surface area contributed by atoms with E-state index in [0.717, 1.165) is 13.0 Å². The smallest absolute Gasteiger partial charge is 0.273 e. The van der Waals surface area contributed by atoms with E-state index in [9.17, 15) is 20.2 Å². The van der Waals surface area contributed by atoms with E-state index in [4.69, 9.17) is 4.74 Å². The Morgan fingerprint density at radius 2 is 1.90 bits per heavy atom. The summed E-state index contributed by atoms with van der Waals surface area (Å²) < 4.78 is 7.19. The lowest BCUT2D eigenvalue weighted by Gasteiger charge is -2.14. The van der Waals surface area contributed by atoms with Gasteiger partial charge >= 0.3 is 0 Å². The summed E-state index contributed by atoms with van der Waals surface area (Å²) in [5.74, 6) is 0.607. The van der Waals surface area contributed by atoms with E-state index in [1.165, 1.54) is 34.9 Å². The highest BCUT2D eigenvalue weighted by Gasteiger charge is 2.13. The van der Waals surface area contributed by atoms with E-state index < -0.39 is 10.5 Å². The lowest BCUT2D eigenvalue weighted by Crippen LogP contribution is -2.21. The van der Waals surface area contributed by atoms with Crippen molar-refractivity contribution in [2.75, 3.05) is 27.2 Å². The molecule has 8 heteroatoms. The molecule has 0 N–H and O–H groups in total. The van der Waals surface area contributed by atoms with Crippen molar-refractivity contribution in [3.63, 3.8) is 0 Å². The lowest BCUT2D eigenvalue weighted by molar-refractivity contribution is -0.384. The first kappa shape index (κ1) is 20.0. The number of rotatable bonds is 7. The van der Waals surface area contributed by atoms with E-state index in [1.807, 2.05) is 20.2 Å². The molecule has 0 spiro atoms. The van der Waals surface area contributed by atoms with Gasteiger partial charge in [-0.15, -0.1) is 0 Å². The average Bonchev–Trinajstić information content (AvgIpc) is 2.70. The van der Waals surface area contributed by atoms with Gasteiger partial charge in [0.1, 0.15) is 17.4 Å². The van der Waals surface area contributed by atoms with Gasteiger partial charge in [0.2, 0.25) is 0 Å². The number of benzene rings is 2. The first-order chi connectivity index (χ1) is 13.9. The summed E-state index contributed by atoms with van der Waals surface area (Å²) in [6.45, 7) is 1.42. The number of nitro groups is 1. The van der Waals surface area contributed by atoms with Gasteiger partial charge in [0.15, 0.2) is 0 Å². The Labute approximate surface area is 167 Å². The maximum atomic E-state index is 12.8. The third kappa shape index (κ3) is 4.42. The molecule has 0 saturated carbocycles. The van der Waals surface area contributed by atoms with E-state index in [-0.39, 0.29) is 11.3 Å². The van der Waals surface area contributed by atoms with Crippen LogP contribution in [0.4, 0.5) is 5.69 Å². The highest BCUT2D eigenvalue weighted by Crippen LogP contribution is 2.24. The second kappa shape index (κ2) is 8.54. The molecule has 0 saturated heterocycles. The number of nitro benzene ring substituents is 1. The van der Waals surface area contributed by atoms with Crippen molar-refractivity contribution in [3.05, 3.63) is 74.6 Å². The van der Waals surface area contributed by atoms with Crippen LogP contribution in [-0.4, -0.2) is 41.6 Å². The van der Waals surface area contributed by atoms with E-state index in [0.29, 0.717) is 28.9 Å². The summed E-state index contributed by atoms with van der Waals surface area (Å²) in [5, 5.41) is 20.9. The third-order valence-electron chi connectivity index (χ3n) is 4.43. The van der Waals surface area contributed by atoms with Crippen molar-refractivity contribution in [1.82, 2.24) is 9.47 Å². The first-order valence-corrected chi connectivity index (χ1v) is 9.03. The van der Waals surface area contributed by atoms with Crippen LogP contribution in [0.1, 0.15) is 12.0 Å². The quantitative estimate of drug-likeness (QED) is 0.348. The first-order valence-electron chi connectivity index (χ1n) is 9.03. The fourth-order valence-corrected chi connectivity index (χ4v) is 3.01. The van der Waals surface area contributed by atoms with Gasteiger partial charge in [-0.25, -0.2) is 0 Å². The fraction of sp³-hybridized carbons (Fsp3) is 0.238. The summed E-state index contributed by atoms with van der Waals surface area (Å²) in [4.78, 5) is 25.3. The van der Waals surface area contributed by atoms with Gasteiger partial charge in [-0.2, -0.15) is 5.26 Å². The third-order valence-corrected chi connectivity index (χ3v) is 4.43. The van der Waals surface area contributed by atoms with Crippen molar-refractivity contribution in [1.29, 1.82) is 5.26 Å². The van der Waals surface area contributed by atoms with Gasteiger partial charge in [0.05, 0.1) is 17.0 Å². The fourth-order valence-electron chi connectivity index (χ4n) is 3.01. The molecule has 0 fully saturated rings. The molecule has 148 valence electrons. The van der Waals surface area contributed by atoms with Crippen LogP contribution in [0.5, 0.6) is 5.75 Å². The van der Waals surface area contributed by atoms with Crippen LogP contribution in [0.3, 0.4) is 0 Å². The Bertz CT molecular complexity index is 1140. The predicted octanol–water partition coefficient (Wildman–Crippen LogP) is 3.10. The Morgan fingerprint density at radius 1 is 1.17 bits per heavy atom. The number of pyridine rings is 1. The molecule has 0 aliphatic carbocycles. The minimum atomic E-state index is -0.504. The molecule has 0 radical (unpaired) electrons. The molecule has 1 heterocycles. The standard InChI is InChI=1S/C21H20N4O4/c1-23(2)10-3-11-29-19-9-4-15-12-16(14-22)21(26)24(20(15)13-19)17-5-7-18(8-6-17)25(27)28/h4-9,12-13H,3,10-11H2,1-2H3. The second-order valence-corrected chi connectivity index (χ2v) is 6.81. The van der Waals surface area contributed by atoms with Gasteiger partial charge in [-0.3, -0.25) is 19.5 Å². The molecular formula is C21H20N4O4. The van der Waals surface area contributed by atoms with Gasteiger partial charge in [0, 0.05) is 35.8 Å². The van der Waals surface area contributed by atoms with Crippen molar-refractivity contribution >= 4 is 16.6 Å². The number of fused-ring (bicyclic) bond motifs is 1. The number of nitrogens with zero attached hydrogens (tertiary/aromatic N) is 4. The SMILES string of the molecule is CN(C)CCCOc1ccc2cc(C#N)c(=O)n(-c3ccc([N+](=O)[O-])cc3)c2c1. The summed E-state index contributed by atoms with van der Waals surface area (Å²) >= 11 is 0. The molecular weight excluding hydrogens is 372 g/mol. The molecule has 0 amide bonds. The number of non-ortho nitro benzene ring substituents is 1. The van der Waals surface area contributed by atoms with Crippen LogP contribution < -0.4 is 10.3 Å². The normalized spacial score (nSPS) is 10.8. The molecule has 0 bridgehead atoms. The largest absolute Gasteiger partial charge is 0.493 e. The summed E-state index contributed by atoms with van der Waals surface area (Å²) in [5.41, 5.74) is 0.432. The summed E-state index contributed by atoms with van der Waals surface area (Å²) in [6.07, 6.45) is 0.855. The Morgan fingerprint density at radius 3 is 2.52 bits per heavy atom. The molecule has 0 aliphatic heterocycles. The number of hydrogen-bond donors (Lipinski definition) is 0. The van der Waals surface area contributed by atoms with Crippen LogP contribution in [-0.2, 0) is 0 Å². The molecule has 3 aromatic rings. The number of hydrogen-bond acceptors (Lipinski definition) is 6. The average molecular weight is 392 g/mol. The zero-order valence-electron chi connectivity index (χ0n) is 16.2. The maximum absolute atomic E-state index is 12.8. The van der Waals surface area contributed by atoms with Gasteiger partial charge in [-0.05, 0) is 50.8 Å². The summed E-state index contributed by atoms with van der Waals surface area (Å²) in [6, 6.07) is 14.4. The van der Waals surface area contributed by atoms with Gasteiger partial charge in [-0.1, -0.05) is 0 Å². The highest BCUT2D eigenvalue weighted by molar-refractivity contribution is 5.83. The van der Waals surface area contributed by atoms with Crippen molar-refractivity contribution in [3.8, 4) is 17.5 Å². The van der Waals surface area contributed by atoms with Crippen molar-refractivity contribution in [2.45, 2.75) is 6.42 Å². The predicted molar refractivity (Wildman–Crippen MR) is 110 cm³/mol. The topological polar surface area (TPSA) is 101 Å². The molecule has 0 aliphatic rings. The Kier molecular flexibility index (Phi) is 5.90. The molecule has 0 atom stereocenters. The van der Waals surface area contributed by atoms with Crippen LogP contribution >= 0.6 is 0 Å².